The van der Waals surface area contributed by atoms with Crippen molar-refractivity contribution in [2.45, 2.75) is 36.7 Å². The van der Waals surface area contributed by atoms with E-state index in [0.29, 0.717) is 47.6 Å². The van der Waals surface area contributed by atoms with Gasteiger partial charge in [-0.15, -0.1) is 12.4 Å². The molecule has 0 spiro atoms. The molecule has 37 heavy (non-hydrogen) atoms. The second-order valence-electron chi connectivity index (χ2n) is 8.90. The van der Waals surface area contributed by atoms with Crippen molar-refractivity contribution in [2.75, 3.05) is 30.3 Å². The number of anilines is 2. The molecule has 1 aromatic heterocycles. The van der Waals surface area contributed by atoms with E-state index < -0.39 is 26.6 Å². The van der Waals surface area contributed by atoms with Gasteiger partial charge in [-0.05, 0) is 43.7 Å². The van der Waals surface area contributed by atoms with Crippen molar-refractivity contribution in [3.8, 4) is 0 Å². The summed E-state index contributed by atoms with van der Waals surface area (Å²) in [6.45, 7) is 1.68. The van der Waals surface area contributed by atoms with Gasteiger partial charge in [0, 0.05) is 55.1 Å². The second-order valence-corrected chi connectivity index (χ2v) is 10.8. The number of halogens is 3. The van der Waals surface area contributed by atoms with Gasteiger partial charge in [-0.3, -0.25) is 9.89 Å². The average molecular weight is 553 g/mol. The second kappa shape index (κ2) is 11.1. The molecule has 0 unspecified atom stereocenters. The SMILES string of the molecule is Cl.O=C(Nc1n[nH]c2c1CN(S(=O)(=O)c1cc(F)cc(F)c1)CC2)c1ccccc1NC[C@@H]1CCCN1. The summed E-state index contributed by atoms with van der Waals surface area (Å²) in [5.74, 6) is -2.12. The van der Waals surface area contributed by atoms with Gasteiger partial charge in [0.2, 0.25) is 10.0 Å². The minimum Gasteiger partial charge on any atom is -0.383 e. The molecule has 3 heterocycles. The van der Waals surface area contributed by atoms with E-state index in [1.165, 1.54) is 0 Å². The van der Waals surface area contributed by atoms with E-state index in [9.17, 15) is 22.0 Å². The monoisotopic (exact) mass is 552 g/mol. The van der Waals surface area contributed by atoms with Crippen LogP contribution in [0, 0.1) is 11.6 Å². The molecule has 4 N–H and O–H groups in total. The van der Waals surface area contributed by atoms with Crippen LogP contribution in [-0.4, -0.2) is 54.5 Å². The van der Waals surface area contributed by atoms with Gasteiger partial charge in [0.25, 0.3) is 5.91 Å². The molecule has 3 aromatic rings. The van der Waals surface area contributed by atoms with Crippen LogP contribution in [0.2, 0.25) is 0 Å². The lowest BCUT2D eigenvalue weighted by atomic mass is 10.1. The smallest absolute Gasteiger partial charge is 0.258 e. The predicted octanol–water partition coefficient (Wildman–Crippen LogP) is 3.27. The zero-order valence-electron chi connectivity index (χ0n) is 19.8. The molecule has 2 aliphatic rings. The minimum atomic E-state index is -4.16. The first kappa shape index (κ1) is 27.0. The molecular formula is C24H27ClF2N6O3S. The number of fused-ring (bicyclic) bond motifs is 1. The van der Waals surface area contributed by atoms with Crippen LogP contribution in [0.5, 0.6) is 0 Å². The number of benzene rings is 2. The lowest BCUT2D eigenvalue weighted by Gasteiger charge is -2.26. The fourth-order valence-corrected chi connectivity index (χ4v) is 6.03. The molecule has 2 aliphatic heterocycles. The van der Waals surface area contributed by atoms with Crippen LogP contribution in [-0.2, 0) is 23.0 Å². The van der Waals surface area contributed by atoms with Crippen LogP contribution in [0.25, 0.3) is 0 Å². The van der Waals surface area contributed by atoms with E-state index in [1.54, 1.807) is 12.1 Å². The van der Waals surface area contributed by atoms with Crippen LogP contribution in [0.4, 0.5) is 20.3 Å². The van der Waals surface area contributed by atoms with Gasteiger partial charge in [0.15, 0.2) is 5.82 Å². The van der Waals surface area contributed by atoms with E-state index in [2.05, 4.69) is 26.1 Å². The minimum absolute atomic E-state index is 0. The highest BCUT2D eigenvalue weighted by molar-refractivity contribution is 7.89. The lowest BCUT2D eigenvalue weighted by Crippen LogP contribution is -2.36. The first-order chi connectivity index (χ1) is 17.3. The normalized spacial score (nSPS) is 17.6. The molecular weight excluding hydrogens is 526 g/mol. The molecule has 13 heteroatoms. The number of sulfonamides is 1. The highest BCUT2D eigenvalue weighted by Crippen LogP contribution is 2.29. The van der Waals surface area contributed by atoms with Crippen LogP contribution in [0.1, 0.15) is 34.5 Å². The van der Waals surface area contributed by atoms with Crippen LogP contribution in [0.3, 0.4) is 0 Å². The van der Waals surface area contributed by atoms with Crippen molar-refractivity contribution in [3.63, 3.8) is 0 Å². The molecule has 5 rings (SSSR count). The van der Waals surface area contributed by atoms with Crippen molar-refractivity contribution in [2.24, 2.45) is 0 Å². The van der Waals surface area contributed by atoms with Crippen molar-refractivity contribution in [1.82, 2.24) is 19.8 Å². The summed E-state index contributed by atoms with van der Waals surface area (Å²) in [5.41, 5.74) is 2.32. The average Bonchev–Trinajstić information content (AvgIpc) is 3.52. The Balaban J connectivity index is 0.00000320. The van der Waals surface area contributed by atoms with E-state index in [4.69, 9.17) is 0 Å². The van der Waals surface area contributed by atoms with Gasteiger partial charge in [-0.1, -0.05) is 12.1 Å². The molecule has 1 amide bonds. The van der Waals surface area contributed by atoms with Crippen molar-refractivity contribution in [3.05, 3.63) is 70.9 Å². The molecule has 0 radical (unpaired) electrons. The number of para-hydroxylation sites is 1. The maximum Gasteiger partial charge on any atom is 0.258 e. The van der Waals surface area contributed by atoms with Gasteiger partial charge in [0.05, 0.1) is 10.5 Å². The van der Waals surface area contributed by atoms with Crippen LogP contribution < -0.4 is 16.0 Å². The van der Waals surface area contributed by atoms with Gasteiger partial charge in [0.1, 0.15) is 11.6 Å². The summed E-state index contributed by atoms with van der Waals surface area (Å²) in [4.78, 5) is 12.7. The van der Waals surface area contributed by atoms with Crippen molar-refractivity contribution < 1.29 is 22.0 Å². The predicted molar refractivity (Wildman–Crippen MR) is 137 cm³/mol. The van der Waals surface area contributed by atoms with Crippen molar-refractivity contribution >= 4 is 39.8 Å². The molecule has 198 valence electrons. The first-order valence-corrected chi connectivity index (χ1v) is 13.2. The maximum absolute atomic E-state index is 13.7. The number of carbonyl (C=O) groups is 1. The topological polar surface area (TPSA) is 119 Å². The third-order valence-corrected chi connectivity index (χ3v) is 8.30. The van der Waals surface area contributed by atoms with Crippen molar-refractivity contribution in [1.29, 1.82) is 0 Å². The zero-order valence-corrected chi connectivity index (χ0v) is 21.4. The van der Waals surface area contributed by atoms with E-state index in [-0.39, 0.29) is 37.2 Å². The summed E-state index contributed by atoms with van der Waals surface area (Å²) in [5, 5.41) is 16.6. The number of hydrogen-bond acceptors (Lipinski definition) is 6. The summed E-state index contributed by atoms with van der Waals surface area (Å²) in [6.07, 6.45) is 2.50. The number of nitrogens with zero attached hydrogens (tertiary/aromatic N) is 2. The summed E-state index contributed by atoms with van der Waals surface area (Å²) in [7, 11) is -4.16. The zero-order chi connectivity index (χ0) is 25.3. The third-order valence-electron chi connectivity index (χ3n) is 6.48. The van der Waals surface area contributed by atoms with E-state index in [1.807, 2.05) is 12.1 Å². The number of hydrogen-bond donors (Lipinski definition) is 4. The molecule has 0 bridgehead atoms. The largest absolute Gasteiger partial charge is 0.383 e. The quantitative estimate of drug-likeness (QED) is 0.357. The molecule has 0 aliphatic carbocycles. The highest BCUT2D eigenvalue weighted by atomic mass is 35.5. The number of H-pyrrole nitrogens is 1. The summed E-state index contributed by atoms with van der Waals surface area (Å²) >= 11 is 0. The Kier molecular flexibility index (Phi) is 8.12. The molecule has 1 atom stereocenters. The number of amides is 1. The number of nitrogens with one attached hydrogen (secondary N) is 4. The highest BCUT2D eigenvalue weighted by Gasteiger charge is 2.32. The van der Waals surface area contributed by atoms with Gasteiger partial charge in [-0.25, -0.2) is 17.2 Å². The summed E-state index contributed by atoms with van der Waals surface area (Å²) < 4.78 is 54.6. The van der Waals surface area contributed by atoms with E-state index >= 15 is 0 Å². The lowest BCUT2D eigenvalue weighted by molar-refractivity contribution is 0.102. The Morgan fingerprint density at radius 3 is 2.65 bits per heavy atom. The Bertz CT molecular complexity index is 1370. The first-order valence-electron chi connectivity index (χ1n) is 11.7. The Hall–Kier alpha value is -3.06. The standard InChI is InChI=1S/C24H26F2N6O3S.ClH/c25-15-10-16(26)12-18(11-15)36(34,35)32-9-7-22-20(14-32)23(31-30-22)29-24(33)19-5-1-2-6-21(19)28-13-17-4-3-8-27-17;/h1-2,5-6,10-12,17,27-28H,3-4,7-9,13-14H2,(H2,29,30,31,33);1H/t17-;/m0./s1. The number of aromatic nitrogens is 2. The fourth-order valence-electron chi connectivity index (χ4n) is 4.58. The molecule has 2 aromatic carbocycles. The van der Waals surface area contributed by atoms with Gasteiger partial charge in [-0.2, -0.15) is 9.40 Å². The maximum atomic E-state index is 13.7. The Morgan fingerprint density at radius 1 is 1.16 bits per heavy atom. The van der Waals surface area contributed by atoms with Crippen LogP contribution in [0.15, 0.2) is 47.4 Å². The van der Waals surface area contributed by atoms with Gasteiger partial charge < -0.3 is 16.0 Å². The molecule has 0 saturated carbocycles. The number of carbonyl (C=O) groups excluding carboxylic acids is 1. The molecule has 9 nitrogen and oxygen atoms in total. The Morgan fingerprint density at radius 2 is 1.92 bits per heavy atom. The van der Waals surface area contributed by atoms with E-state index in [0.717, 1.165) is 35.8 Å². The molecule has 1 fully saturated rings. The Labute approximate surface area is 219 Å². The van der Waals surface area contributed by atoms with Gasteiger partial charge >= 0.3 is 0 Å². The number of rotatable bonds is 7. The summed E-state index contributed by atoms with van der Waals surface area (Å²) in [6, 6.07) is 9.68. The molecule has 1 saturated heterocycles. The third kappa shape index (κ3) is 5.77. The fraction of sp³-hybridized carbons (Fsp3) is 0.333. The number of aromatic amines is 1. The van der Waals surface area contributed by atoms with Crippen LogP contribution >= 0.6 is 12.4 Å².